The van der Waals surface area contributed by atoms with Gasteiger partial charge in [-0.2, -0.15) is 18.2 Å². The maximum atomic E-state index is 12.7. The number of halogens is 3. The second kappa shape index (κ2) is 6.42. The summed E-state index contributed by atoms with van der Waals surface area (Å²) in [5.74, 6) is -0.416. The van der Waals surface area contributed by atoms with Gasteiger partial charge >= 0.3 is 6.18 Å². The van der Waals surface area contributed by atoms with Gasteiger partial charge in [0.05, 0.1) is 7.11 Å². The van der Waals surface area contributed by atoms with Crippen LogP contribution >= 0.6 is 12.2 Å². The first-order valence-corrected chi connectivity index (χ1v) is 6.87. The smallest absolute Gasteiger partial charge is 0.433 e. The molecular formula is C12H15F3N4OS. The average Bonchev–Trinajstić information content (AvgIpc) is 2.89. The van der Waals surface area contributed by atoms with Crippen LogP contribution < -0.4 is 15.4 Å². The Balaban J connectivity index is 2.09. The molecule has 9 heteroatoms. The van der Waals surface area contributed by atoms with Gasteiger partial charge in [-0.05, 0) is 25.1 Å². The summed E-state index contributed by atoms with van der Waals surface area (Å²) in [7, 11) is 1.24. The number of rotatable bonds is 3. The number of thiocarbonyl (C=S) groups is 1. The molecule has 0 atom stereocenters. The van der Waals surface area contributed by atoms with E-state index in [-0.39, 0.29) is 23.0 Å². The number of aromatic nitrogens is 2. The quantitative estimate of drug-likeness (QED) is 0.835. The molecule has 5 nitrogen and oxygen atoms in total. The summed E-state index contributed by atoms with van der Waals surface area (Å²) in [4.78, 5) is 7.22. The molecule has 1 aliphatic carbocycles. The van der Waals surface area contributed by atoms with E-state index in [1.165, 1.54) is 7.11 Å². The zero-order valence-corrected chi connectivity index (χ0v) is 12.1. The van der Waals surface area contributed by atoms with Crippen LogP contribution in [0.1, 0.15) is 31.4 Å². The highest BCUT2D eigenvalue weighted by molar-refractivity contribution is 7.80. The van der Waals surface area contributed by atoms with Gasteiger partial charge in [0.25, 0.3) is 0 Å². The Morgan fingerprint density at radius 3 is 2.57 bits per heavy atom. The fourth-order valence-corrected chi connectivity index (χ4v) is 2.38. The Bertz CT molecular complexity index is 518. The maximum absolute atomic E-state index is 12.7. The van der Waals surface area contributed by atoms with Crippen LogP contribution in [0.3, 0.4) is 0 Å². The van der Waals surface area contributed by atoms with Crippen molar-refractivity contribution < 1.29 is 17.9 Å². The third-order valence-corrected chi connectivity index (χ3v) is 3.34. The minimum absolute atomic E-state index is 0.177. The maximum Gasteiger partial charge on any atom is 0.433 e. The lowest BCUT2D eigenvalue weighted by Gasteiger charge is -2.16. The van der Waals surface area contributed by atoms with E-state index in [2.05, 4.69) is 20.6 Å². The molecule has 2 rings (SSSR count). The van der Waals surface area contributed by atoms with Crippen molar-refractivity contribution in [1.82, 2.24) is 15.3 Å². The van der Waals surface area contributed by atoms with Gasteiger partial charge in [-0.15, -0.1) is 0 Å². The summed E-state index contributed by atoms with van der Waals surface area (Å²) in [6.45, 7) is 0. The molecule has 1 aliphatic rings. The van der Waals surface area contributed by atoms with E-state index >= 15 is 0 Å². The molecule has 0 saturated heterocycles. The minimum atomic E-state index is -4.58. The highest BCUT2D eigenvalue weighted by Gasteiger charge is 2.34. The molecule has 0 radical (unpaired) electrons. The zero-order valence-electron chi connectivity index (χ0n) is 11.3. The van der Waals surface area contributed by atoms with Crippen molar-refractivity contribution in [3.05, 3.63) is 11.8 Å². The highest BCUT2D eigenvalue weighted by Crippen LogP contribution is 2.30. The van der Waals surface area contributed by atoms with E-state index < -0.39 is 11.9 Å². The Labute approximate surface area is 125 Å². The van der Waals surface area contributed by atoms with Gasteiger partial charge in [0.1, 0.15) is 0 Å². The summed E-state index contributed by atoms with van der Waals surface area (Å²) in [6.07, 6.45) is -0.349. The summed E-state index contributed by atoms with van der Waals surface area (Å²) in [5.41, 5.74) is -1.08. The van der Waals surface area contributed by atoms with Gasteiger partial charge in [0.2, 0.25) is 11.8 Å². The van der Waals surface area contributed by atoms with Crippen LogP contribution in [0.2, 0.25) is 0 Å². The number of nitrogens with one attached hydrogen (secondary N) is 2. The number of nitrogens with zero attached hydrogens (tertiary/aromatic N) is 2. The van der Waals surface area contributed by atoms with Crippen LogP contribution in [0.25, 0.3) is 0 Å². The van der Waals surface area contributed by atoms with Crippen molar-refractivity contribution >= 4 is 23.3 Å². The molecule has 2 N–H and O–H groups in total. The minimum Gasteiger partial charge on any atom is -0.481 e. The van der Waals surface area contributed by atoms with Gasteiger partial charge in [0, 0.05) is 12.1 Å². The number of hydrogen-bond donors (Lipinski definition) is 2. The number of anilines is 1. The molecule has 1 fully saturated rings. The first-order chi connectivity index (χ1) is 9.88. The third-order valence-electron chi connectivity index (χ3n) is 3.12. The Morgan fingerprint density at radius 1 is 1.33 bits per heavy atom. The van der Waals surface area contributed by atoms with Crippen LogP contribution in [-0.4, -0.2) is 28.2 Å². The fourth-order valence-electron chi connectivity index (χ4n) is 2.12. The summed E-state index contributed by atoms with van der Waals surface area (Å²) in [6, 6.07) is 0.983. The molecule has 1 heterocycles. The number of alkyl halides is 3. The van der Waals surface area contributed by atoms with Crippen molar-refractivity contribution in [3.63, 3.8) is 0 Å². The van der Waals surface area contributed by atoms with E-state index in [1.54, 1.807) is 0 Å². The molecule has 0 bridgehead atoms. The highest BCUT2D eigenvalue weighted by atomic mass is 32.1. The molecule has 0 unspecified atom stereocenters. The molecular weight excluding hydrogens is 305 g/mol. The molecule has 21 heavy (non-hydrogen) atoms. The van der Waals surface area contributed by atoms with Crippen molar-refractivity contribution in [2.75, 3.05) is 12.4 Å². The molecule has 0 amide bonds. The second-order valence-electron chi connectivity index (χ2n) is 4.70. The van der Waals surface area contributed by atoms with Crippen LogP contribution in [0.5, 0.6) is 5.88 Å². The molecule has 0 aromatic carbocycles. The fraction of sp³-hybridized carbons (Fsp3) is 0.583. The molecule has 0 aliphatic heterocycles. The number of methoxy groups -OCH3 is 1. The van der Waals surface area contributed by atoms with Crippen LogP contribution in [-0.2, 0) is 6.18 Å². The van der Waals surface area contributed by atoms with Crippen molar-refractivity contribution in [2.45, 2.75) is 37.9 Å². The van der Waals surface area contributed by atoms with E-state index in [4.69, 9.17) is 17.0 Å². The number of hydrogen-bond acceptors (Lipinski definition) is 4. The molecule has 0 spiro atoms. The molecule has 116 valence electrons. The van der Waals surface area contributed by atoms with Crippen LogP contribution in [0.4, 0.5) is 19.1 Å². The third kappa shape index (κ3) is 4.42. The van der Waals surface area contributed by atoms with E-state index in [9.17, 15) is 13.2 Å². The lowest BCUT2D eigenvalue weighted by Crippen LogP contribution is -2.36. The van der Waals surface area contributed by atoms with Gasteiger partial charge in [-0.25, -0.2) is 4.98 Å². The van der Waals surface area contributed by atoms with Crippen molar-refractivity contribution in [2.24, 2.45) is 0 Å². The average molecular weight is 320 g/mol. The van der Waals surface area contributed by atoms with Gasteiger partial charge in [-0.1, -0.05) is 12.8 Å². The van der Waals surface area contributed by atoms with Crippen LogP contribution in [0.15, 0.2) is 6.07 Å². The van der Waals surface area contributed by atoms with E-state index in [1.807, 2.05) is 0 Å². The van der Waals surface area contributed by atoms with E-state index in [0.29, 0.717) is 0 Å². The van der Waals surface area contributed by atoms with Crippen molar-refractivity contribution in [1.29, 1.82) is 0 Å². The monoisotopic (exact) mass is 320 g/mol. The largest absolute Gasteiger partial charge is 0.481 e. The second-order valence-corrected chi connectivity index (χ2v) is 5.11. The Kier molecular flexibility index (Phi) is 4.81. The Hall–Kier alpha value is -1.64. The number of ether oxygens (including phenoxy) is 1. The van der Waals surface area contributed by atoms with Gasteiger partial charge in [-0.3, -0.25) is 0 Å². The van der Waals surface area contributed by atoms with Gasteiger partial charge in [0.15, 0.2) is 10.8 Å². The van der Waals surface area contributed by atoms with Crippen molar-refractivity contribution in [3.8, 4) is 5.88 Å². The standard InChI is InChI=1S/C12H15F3N4OS/c1-20-9-6-8(12(13,14)15)17-10(18-9)19-11(21)16-7-4-2-3-5-7/h6-7H,2-5H2,1H3,(H2,16,17,18,19,21). The lowest BCUT2D eigenvalue weighted by molar-refractivity contribution is -0.141. The molecule has 1 aromatic heterocycles. The predicted octanol–water partition coefficient (Wildman–Crippen LogP) is 2.73. The first kappa shape index (κ1) is 15.7. The summed E-state index contributed by atoms with van der Waals surface area (Å²) in [5, 5.41) is 5.83. The zero-order chi connectivity index (χ0) is 15.5. The van der Waals surface area contributed by atoms with Gasteiger partial charge < -0.3 is 15.4 Å². The molecule has 1 saturated carbocycles. The predicted molar refractivity (Wildman–Crippen MR) is 75.2 cm³/mol. The molecule has 1 aromatic rings. The Morgan fingerprint density at radius 2 is 2.00 bits per heavy atom. The first-order valence-electron chi connectivity index (χ1n) is 6.46. The lowest BCUT2D eigenvalue weighted by atomic mass is 10.3. The summed E-state index contributed by atoms with van der Waals surface area (Å²) < 4.78 is 42.9. The topological polar surface area (TPSA) is 59.1 Å². The SMILES string of the molecule is COc1cc(C(F)(F)F)nc(NC(=S)NC2CCCC2)n1. The normalized spacial score (nSPS) is 15.8. The van der Waals surface area contributed by atoms with E-state index in [0.717, 1.165) is 31.7 Å². The van der Waals surface area contributed by atoms with Crippen LogP contribution in [0, 0.1) is 0 Å². The summed E-state index contributed by atoms with van der Waals surface area (Å²) >= 11 is 5.06.